The van der Waals surface area contributed by atoms with Crippen LogP contribution in [-0.2, 0) is 12.8 Å². The molecule has 4 nitrogen and oxygen atoms in total. The van der Waals surface area contributed by atoms with Crippen molar-refractivity contribution in [1.29, 1.82) is 0 Å². The van der Waals surface area contributed by atoms with E-state index in [1.807, 2.05) is 12.1 Å². The van der Waals surface area contributed by atoms with Crippen molar-refractivity contribution in [3.05, 3.63) is 79.2 Å². The topological polar surface area (TPSA) is 65.1 Å². The van der Waals surface area contributed by atoms with Crippen LogP contribution in [0.25, 0.3) is 5.57 Å². The van der Waals surface area contributed by atoms with Crippen molar-refractivity contribution in [1.82, 2.24) is 10.3 Å². The van der Waals surface area contributed by atoms with Crippen LogP contribution >= 0.6 is 15.9 Å². The number of aromatic amines is 1. The number of rotatable bonds is 0. The Morgan fingerprint density at radius 1 is 1.20 bits per heavy atom. The van der Waals surface area contributed by atoms with Gasteiger partial charge >= 0.3 is 0 Å². The zero-order valence-corrected chi connectivity index (χ0v) is 15.4. The summed E-state index contributed by atoms with van der Waals surface area (Å²) < 4.78 is 0.550. The predicted molar refractivity (Wildman–Crippen MR) is 103 cm³/mol. The van der Waals surface area contributed by atoms with E-state index < -0.39 is 0 Å². The first kappa shape index (κ1) is 16.4. The van der Waals surface area contributed by atoms with Crippen molar-refractivity contribution < 1.29 is 5.11 Å². The minimum absolute atomic E-state index is 0.0309. The van der Waals surface area contributed by atoms with E-state index in [0.717, 1.165) is 59.5 Å². The molecule has 2 aromatic rings. The molecule has 1 fully saturated rings. The Labute approximate surface area is 154 Å². The number of H-pyrrole nitrogens is 1. The zero-order valence-electron chi connectivity index (χ0n) is 13.8. The van der Waals surface area contributed by atoms with Gasteiger partial charge in [0.05, 0.1) is 10.2 Å². The lowest BCUT2D eigenvalue weighted by molar-refractivity contribution is 0.474. The second-order valence-electron chi connectivity index (χ2n) is 6.54. The standard InChI is InChI=1S/C20H19BrN2O2/c1-11-9-22-7-6-14(11)18-15-5-3-13(24)8-12(15)2-4-16-19(18)23-10-17(21)20(16)25/h3,5,8,10,22,24H,1-2,4,6-7,9H2,(H,23,25)/b18-14-. The Kier molecular flexibility index (Phi) is 4.13. The molecule has 4 rings (SSSR count). The average molecular weight is 399 g/mol. The highest BCUT2D eigenvalue weighted by Gasteiger charge is 2.26. The van der Waals surface area contributed by atoms with Gasteiger partial charge in [-0.25, -0.2) is 0 Å². The number of fused-ring (bicyclic) bond motifs is 2. The molecule has 1 aromatic heterocycles. The number of nitrogens with one attached hydrogen (secondary N) is 2. The van der Waals surface area contributed by atoms with E-state index in [2.05, 4.69) is 32.8 Å². The van der Waals surface area contributed by atoms with Crippen molar-refractivity contribution in [2.45, 2.75) is 19.3 Å². The van der Waals surface area contributed by atoms with Gasteiger partial charge in [0.1, 0.15) is 5.75 Å². The number of halogens is 1. The van der Waals surface area contributed by atoms with E-state index in [0.29, 0.717) is 10.9 Å². The molecule has 5 heteroatoms. The molecule has 0 bridgehead atoms. The number of aryl methyl sites for hydroxylation is 1. The molecule has 0 atom stereocenters. The summed E-state index contributed by atoms with van der Waals surface area (Å²) in [6, 6.07) is 5.48. The number of aromatic hydroxyl groups is 1. The van der Waals surface area contributed by atoms with Crippen LogP contribution < -0.4 is 10.7 Å². The molecule has 0 saturated carbocycles. The average Bonchev–Trinajstić information content (AvgIpc) is 2.76. The maximum Gasteiger partial charge on any atom is 0.199 e. The summed E-state index contributed by atoms with van der Waals surface area (Å²) in [5.41, 5.74) is 7.14. The Morgan fingerprint density at radius 3 is 2.84 bits per heavy atom. The fourth-order valence-corrected chi connectivity index (χ4v) is 4.14. The van der Waals surface area contributed by atoms with Crippen molar-refractivity contribution in [3.8, 4) is 5.75 Å². The smallest absolute Gasteiger partial charge is 0.199 e. The summed E-state index contributed by atoms with van der Waals surface area (Å²) in [4.78, 5) is 16.1. The van der Waals surface area contributed by atoms with Crippen LogP contribution in [0, 0.1) is 0 Å². The third kappa shape index (κ3) is 2.77. The summed E-state index contributed by atoms with van der Waals surface area (Å²) >= 11 is 3.35. The number of phenols is 1. The van der Waals surface area contributed by atoms with Gasteiger partial charge in [0.15, 0.2) is 5.43 Å². The number of pyridine rings is 1. The quantitative estimate of drug-likeness (QED) is 0.637. The van der Waals surface area contributed by atoms with Crippen LogP contribution in [0.2, 0.25) is 0 Å². The predicted octanol–water partition coefficient (Wildman–Crippen LogP) is 3.29. The second kappa shape index (κ2) is 6.32. The Balaban J connectivity index is 2.07. The molecule has 0 amide bonds. The van der Waals surface area contributed by atoms with E-state index >= 15 is 0 Å². The largest absolute Gasteiger partial charge is 0.508 e. The lowest BCUT2D eigenvalue weighted by Gasteiger charge is -2.24. The van der Waals surface area contributed by atoms with Gasteiger partial charge in [0.2, 0.25) is 0 Å². The van der Waals surface area contributed by atoms with E-state index in [1.54, 1.807) is 12.3 Å². The summed E-state index contributed by atoms with van der Waals surface area (Å²) in [6.07, 6.45) is 3.95. The SMILES string of the molecule is C=C1CNCC/C1=C1\c2ccc(O)cc2CCc2c1[nH]cc(Br)c2=O. The second-order valence-corrected chi connectivity index (χ2v) is 7.40. The normalized spacial score (nSPS) is 20.0. The van der Waals surface area contributed by atoms with E-state index in [9.17, 15) is 9.90 Å². The van der Waals surface area contributed by atoms with Gasteiger partial charge in [0, 0.05) is 23.9 Å². The molecule has 1 aromatic carbocycles. The van der Waals surface area contributed by atoms with Crippen molar-refractivity contribution in [3.63, 3.8) is 0 Å². The molecule has 25 heavy (non-hydrogen) atoms. The Morgan fingerprint density at radius 2 is 2.04 bits per heavy atom. The number of piperidine rings is 1. The van der Waals surface area contributed by atoms with Gasteiger partial charge in [-0.05, 0) is 76.1 Å². The fraction of sp³-hybridized carbons (Fsp3) is 0.250. The van der Waals surface area contributed by atoms with Crippen molar-refractivity contribution >= 4 is 21.5 Å². The van der Waals surface area contributed by atoms with E-state index in [1.165, 1.54) is 5.57 Å². The number of phenolic OH excluding ortho intramolecular Hbond substituents is 1. The molecule has 1 aliphatic carbocycles. The first-order chi connectivity index (χ1) is 12.1. The third-order valence-corrected chi connectivity index (χ3v) is 5.60. The summed E-state index contributed by atoms with van der Waals surface area (Å²) in [6.45, 7) is 5.88. The van der Waals surface area contributed by atoms with Crippen LogP contribution in [0.3, 0.4) is 0 Å². The summed E-state index contributed by atoms with van der Waals surface area (Å²) in [5, 5.41) is 13.3. The summed E-state index contributed by atoms with van der Waals surface area (Å²) in [7, 11) is 0. The van der Waals surface area contributed by atoms with Crippen LogP contribution in [0.4, 0.5) is 0 Å². The monoisotopic (exact) mass is 398 g/mol. The molecule has 2 aliphatic rings. The number of benzene rings is 1. The van der Waals surface area contributed by atoms with Gasteiger partial charge in [-0.1, -0.05) is 12.6 Å². The molecule has 1 aliphatic heterocycles. The molecule has 1 saturated heterocycles. The van der Waals surface area contributed by atoms with Crippen molar-refractivity contribution in [2.75, 3.05) is 13.1 Å². The number of hydrogen-bond donors (Lipinski definition) is 3. The van der Waals surface area contributed by atoms with Crippen LogP contribution in [-0.4, -0.2) is 23.2 Å². The van der Waals surface area contributed by atoms with Gasteiger partial charge in [-0.15, -0.1) is 0 Å². The number of hydrogen-bond acceptors (Lipinski definition) is 3. The first-order valence-electron chi connectivity index (χ1n) is 8.41. The Hall–Kier alpha value is -2.11. The lowest BCUT2D eigenvalue weighted by atomic mass is 9.87. The third-order valence-electron chi connectivity index (χ3n) is 5.01. The minimum Gasteiger partial charge on any atom is -0.508 e. The van der Waals surface area contributed by atoms with Gasteiger partial charge < -0.3 is 15.4 Å². The molecule has 0 spiro atoms. The first-order valence-corrected chi connectivity index (χ1v) is 9.20. The molecule has 0 radical (unpaired) electrons. The van der Waals surface area contributed by atoms with E-state index in [-0.39, 0.29) is 11.2 Å². The maximum absolute atomic E-state index is 12.7. The highest BCUT2D eigenvalue weighted by molar-refractivity contribution is 9.10. The minimum atomic E-state index is 0.0309. The molecular weight excluding hydrogens is 380 g/mol. The zero-order chi connectivity index (χ0) is 17.6. The summed E-state index contributed by atoms with van der Waals surface area (Å²) in [5.74, 6) is 0.255. The van der Waals surface area contributed by atoms with Gasteiger partial charge in [-0.2, -0.15) is 0 Å². The molecule has 0 unspecified atom stereocenters. The molecule has 128 valence electrons. The molecule has 3 N–H and O–H groups in total. The van der Waals surface area contributed by atoms with Gasteiger partial charge in [-0.3, -0.25) is 4.79 Å². The van der Waals surface area contributed by atoms with Crippen LogP contribution in [0.15, 0.2) is 51.4 Å². The van der Waals surface area contributed by atoms with E-state index in [4.69, 9.17) is 0 Å². The maximum atomic E-state index is 12.7. The number of aromatic nitrogens is 1. The highest BCUT2D eigenvalue weighted by Crippen LogP contribution is 2.38. The van der Waals surface area contributed by atoms with Gasteiger partial charge in [0.25, 0.3) is 0 Å². The van der Waals surface area contributed by atoms with Crippen LogP contribution in [0.1, 0.15) is 28.8 Å². The highest BCUT2D eigenvalue weighted by atomic mass is 79.9. The molecule has 2 heterocycles. The Bertz CT molecular complexity index is 972. The molecular formula is C20H19BrN2O2. The lowest BCUT2D eigenvalue weighted by Crippen LogP contribution is -2.26. The van der Waals surface area contributed by atoms with Crippen LogP contribution in [0.5, 0.6) is 5.75 Å². The fourth-order valence-electron chi connectivity index (χ4n) is 3.78. The van der Waals surface area contributed by atoms with Crippen molar-refractivity contribution in [2.24, 2.45) is 0 Å².